The minimum Gasteiger partial charge on any atom is -0.334 e. The van der Waals surface area contributed by atoms with Crippen molar-refractivity contribution >= 4 is 5.91 Å². The Morgan fingerprint density at radius 3 is 2.52 bits per heavy atom. The minimum atomic E-state index is -0.0791. The van der Waals surface area contributed by atoms with Gasteiger partial charge in [0.25, 0.3) is 5.91 Å². The van der Waals surface area contributed by atoms with E-state index in [1.165, 1.54) is 5.56 Å². The summed E-state index contributed by atoms with van der Waals surface area (Å²) < 4.78 is 1.63. The van der Waals surface area contributed by atoms with Crippen LogP contribution < -0.4 is 5.32 Å². The fourth-order valence-corrected chi connectivity index (χ4v) is 3.07. The standard InChI is InChI=1S/C19H19N5O/c25-19(18-14-24(22-21-18)16-9-5-2-6-10-16)23-12-11-20-17(13-23)15-7-3-1-4-8-15/h1-10,14,17,20H,11-13H2/t17-/m0/s1. The van der Waals surface area contributed by atoms with Crippen molar-refractivity contribution in [2.45, 2.75) is 6.04 Å². The van der Waals surface area contributed by atoms with Crippen LogP contribution in [0, 0.1) is 0 Å². The van der Waals surface area contributed by atoms with Crippen LogP contribution in [0.2, 0.25) is 0 Å². The predicted molar refractivity (Wildman–Crippen MR) is 94.4 cm³/mol. The molecule has 1 aliphatic heterocycles. The van der Waals surface area contributed by atoms with Crippen LogP contribution in [0.3, 0.4) is 0 Å². The first-order chi connectivity index (χ1) is 12.3. The topological polar surface area (TPSA) is 63.1 Å². The van der Waals surface area contributed by atoms with Crippen LogP contribution in [0.5, 0.6) is 0 Å². The van der Waals surface area contributed by atoms with Gasteiger partial charge in [-0.1, -0.05) is 53.7 Å². The molecule has 2 heterocycles. The Labute approximate surface area is 146 Å². The molecule has 2 aromatic carbocycles. The van der Waals surface area contributed by atoms with Gasteiger partial charge in [-0.25, -0.2) is 4.68 Å². The summed E-state index contributed by atoms with van der Waals surface area (Å²) in [6.45, 7) is 2.06. The first-order valence-electron chi connectivity index (χ1n) is 8.36. The van der Waals surface area contributed by atoms with E-state index in [1.807, 2.05) is 53.4 Å². The largest absolute Gasteiger partial charge is 0.334 e. The molecule has 1 N–H and O–H groups in total. The highest BCUT2D eigenvalue weighted by Crippen LogP contribution is 2.18. The zero-order chi connectivity index (χ0) is 17.1. The number of carbonyl (C=O) groups excluding carboxylic acids is 1. The van der Waals surface area contributed by atoms with E-state index in [4.69, 9.17) is 0 Å². The van der Waals surface area contributed by atoms with E-state index < -0.39 is 0 Å². The van der Waals surface area contributed by atoms with Crippen molar-refractivity contribution in [3.63, 3.8) is 0 Å². The predicted octanol–water partition coefficient (Wildman–Crippen LogP) is 2.05. The van der Waals surface area contributed by atoms with E-state index in [9.17, 15) is 4.79 Å². The van der Waals surface area contributed by atoms with Gasteiger partial charge in [0.15, 0.2) is 5.69 Å². The van der Waals surface area contributed by atoms with Gasteiger partial charge in [-0.15, -0.1) is 5.10 Å². The maximum absolute atomic E-state index is 12.8. The Bertz CT molecular complexity index is 847. The second kappa shape index (κ2) is 6.86. The first-order valence-corrected chi connectivity index (χ1v) is 8.36. The molecule has 0 aliphatic carbocycles. The molecule has 6 heteroatoms. The fourth-order valence-electron chi connectivity index (χ4n) is 3.07. The van der Waals surface area contributed by atoms with Crippen molar-refractivity contribution in [1.29, 1.82) is 0 Å². The van der Waals surface area contributed by atoms with E-state index in [-0.39, 0.29) is 11.9 Å². The number of carbonyl (C=O) groups is 1. The van der Waals surface area contributed by atoms with Crippen molar-refractivity contribution in [2.75, 3.05) is 19.6 Å². The third-order valence-electron chi connectivity index (χ3n) is 4.40. The molecule has 1 amide bonds. The number of piperazine rings is 1. The highest BCUT2D eigenvalue weighted by atomic mass is 16.2. The second-order valence-corrected chi connectivity index (χ2v) is 6.05. The van der Waals surface area contributed by atoms with Gasteiger partial charge in [0, 0.05) is 25.7 Å². The normalized spacial score (nSPS) is 17.4. The summed E-state index contributed by atoms with van der Waals surface area (Å²) in [4.78, 5) is 14.6. The summed E-state index contributed by atoms with van der Waals surface area (Å²) in [7, 11) is 0. The maximum atomic E-state index is 12.8. The molecule has 0 unspecified atom stereocenters. The van der Waals surface area contributed by atoms with E-state index in [2.05, 4.69) is 27.8 Å². The van der Waals surface area contributed by atoms with Crippen LogP contribution in [-0.2, 0) is 0 Å². The number of para-hydroxylation sites is 1. The molecule has 1 aromatic heterocycles. The first kappa shape index (κ1) is 15.5. The van der Waals surface area contributed by atoms with Crippen molar-refractivity contribution in [1.82, 2.24) is 25.2 Å². The summed E-state index contributed by atoms with van der Waals surface area (Å²) in [6, 6.07) is 20.0. The van der Waals surface area contributed by atoms with E-state index in [0.717, 1.165) is 12.2 Å². The molecule has 0 saturated carbocycles. The molecule has 1 saturated heterocycles. The lowest BCUT2D eigenvalue weighted by Crippen LogP contribution is -2.48. The Balaban J connectivity index is 1.50. The summed E-state index contributed by atoms with van der Waals surface area (Å²) >= 11 is 0. The highest BCUT2D eigenvalue weighted by molar-refractivity contribution is 5.92. The quantitative estimate of drug-likeness (QED) is 0.797. The molecule has 6 nitrogen and oxygen atoms in total. The fraction of sp³-hybridized carbons (Fsp3) is 0.211. The number of nitrogens with one attached hydrogen (secondary N) is 1. The van der Waals surface area contributed by atoms with Gasteiger partial charge in [-0.05, 0) is 17.7 Å². The molecule has 3 aromatic rings. The summed E-state index contributed by atoms with van der Waals surface area (Å²) in [5, 5.41) is 11.6. The molecule has 0 spiro atoms. The molecule has 1 atom stereocenters. The zero-order valence-corrected chi connectivity index (χ0v) is 13.7. The van der Waals surface area contributed by atoms with E-state index in [1.54, 1.807) is 10.9 Å². The Morgan fingerprint density at radius 2 is 1.76 bits per heavy atom. The second-order valence-electron chi connectivity index (χ2n) is 6.05. The number of aromatic nitrogens is 3. The van der Waals surface area contributed by atoms with E-state index >= 15 is 0 Å². The van der Waals surface area contributed by atoms with Crippen molar-refractivity contribution in [2.24, 2.45) is 0 Å². The zero-order valence-electron chi connectivity index (χ0n) is 13.7. The van der Waals surface area contributed by atoms with Gasteiger partial charge in [-0.3, -0.25) is 4.79 Å². The molecule has 0 bridgehead atoms. The number of benzene rings is 2. The SMILES string of the molecule is O=C(c1cn(-c2ccccc2)nn1)N1CCN[C@H](c2ccccc2)C1. The third-order valence-corrected chi connectivity index (χ3v) is 4.40. The van der Waals surface area contributed by atoms with Crippen LogP contribution in [0.25, 0.3) is 5.69 Å². The number of amides is 1. The van der Waals surface area contributed by atoms with Crippen LogP contribution in [-0.4, -0.2) is 45.4 Å². The van der Waals surface area contributed by atoms with Crippen LogP contribution in [0.15, 0.2) is 66.9 Å². The number of hydrogen-bond donors (Lipinski definition) is 1. The van der Waals surface area contributed by atoms with Gasteiger partial charge in [-0.2, -0.15) is 0 Å². The van der Waals surface area contributed by atoms with Crippen LogP contribution in [0.1, 0.15) is 22.1 Å². The smallest absolute Gasteiger partial charge is 0.276 e. The van der Waals surface area contributed by atoms with E-state index in [0.29, 0.717) is 18.8 Å². The molecule has 1 fully saturated rings. The molecule has 0 radical (unpaired) electrons. The molecule has 126 valence electrons. The number of hydrogen-bond acceptors (Lipinski definition) is 4. The Kier molecular flexibility index (Phi) is 4.26. The average Bonchev–Trinajstić information content (AvgIpc) is 3.19. The lowest BCUT2D eigenvalue weighted by Gasteiger charge is -2.33. The lowest BCUT2D eigenvalue weighted by atomic mass is 10.0. The summed E-state index contributed by atoms with van der Waals surface area (Å²) in [6.07, 6.45) is 1.69. The van der Waals surface area contributed by atoms with Gasteiger partial charge in [0.1, 0.15) is 0 Å². The minimum absolute atomic E-state index is 0.0791. The number of rotatable bonds is 3. The monoisotopic (exact) mass is 333 g/mol. The van der Waals surface area contributed by atoms with Gasteiger partial charge >= 0.3 is 0 Å². The number of nitrogens with zero attached hydrogens (tertiary/aromatic N) is 4. The van der Waals surface area contributed by atoms with Crippen molar-refractivity contribution < 1.29 is 4.79 Å². The summed E-state index contributed by atoms with van der Waals surface area (Å²) in [5.74, 6) is -0.0791. The van der Waals surface area contributed by atoms with Crippen molar-refractivity contribution in [3.05, 3.63) is 78.1 Å². The van der Waals surface area contributed by atoms with Crippen LogP contribution in [0.4, 0.5) is 0 Å². The molecular formula is C19H19N5O. The van der Waals surface area contributed by atoms with Gasteiger partial charge in [0.05, 0.1) is 11.9 Å². The molecular weight excluding hydrogens is 314 g/mol. The Hall–Kier alpha value is -2.99. The summed E-state index contributed by atoms with van der Waals surface area (Å²) in [5.41, 5.74) is 2.45. The Morgan fingerprint density at radius 1 is 1.04 bits per heavy atom. The molecule has 1 aliphatic rings. The average molecular weight is 333 g/mol. The van der Waals surface area contributed by atoms with Crippen LogP contribution >= 0.6 is 0 Å². The van der Waals surface area contributed by atoms with Gasteiger partial charge in [0.2, 0.25) is 0 Å². The third kappa shape index (κ3) is 3.29. The maximum Gasteiger partial charge on any atom is 0.276 e. The van der Waals surface area contributed by atoms with Crippen molar-refractivity contribution in [3.8, 4) is 5.69 Å². The highest BCUT2D eigenvalue weighted by Gasteiger charge is 2.26. The van der Waals surface area contributed by atoms with Gasteiger partial charge < -0.3 is 10.2 Å². The molecule has 25 heavy (non-hydrogen) atoms. The molecule has 4 rings (SSSR count). The lowest BCUT2D eigenvalue weighted by molar-refractivity contribution is 0.0697.